The molecule has 2 rings (SSSR count). The number of hydrogen-bond donors (Lipinski definition) is 2. The predicted octanol–water partition coefficient (Wildman–Crippen LogP) is 2.74. The van der Waals surface area contributed by atoms with Crippen molar-refractivity contribution in [3.63, 3.8) is 0 Å². The Morgan fingerprint density at radius 1 is 1.40 bits per heavy atom. The molecule has 0 spiro atoms. The molecule has 1 unspecified atom stereocenters. The molecule has 0 bridgehead atoms. The van der Waals surface area contributed by atoms with Gasteiger partial charge in [-0.3, -0.25) is 0 Å². The summed E-state index contributed by atoms with van der Waals surface area (Å²) < 4.78 is 2.87. The molecule has 5 nitrogen and oxygen atoms in total. The maximum Gasteiger partial charge on any atom is 0.315 e. The van der Waals surface area contributed by atoms with Crippen LogP contribution in [-0.4, -0.2) is 15.6 Å². The molecule has 1 aromatic heterocycles. The third-order valence-corrected chi connectivity index (χ3v) is 3.43. The van der Waals surface area contributed by atoms with Crippen molar-refractivity contribution < 1.29 is 4.79 Å². The van der Waals surface area contributed by atoms with E-state index in [0.29, 0.717) is 6.54 Å². The molecule has 2 N–H and O–H groups in total. The maximum atomic E-state index is 11.8. The smallest absolute Gasteiger partial charge is 0.315 e. The Morgan fingerprint density at radius 3 is 2.70 bits per heavy atom. The summed E-state index contributed by atoms with van der Waals surface area (Å²) in [6.07, 6.45) is 3.58. The van der Waals surface area contributed by atoms with Crippen molar-refractivity contribution in [1.82, 2.24) is 20.2 Å². The van der Waals surface area contributed by atoms with Gasteiger partial charge in [0.2, 0.25) is 0 Å². The number of nitrogens with one attached hydrogen (secondary N) is 2. The summed E-state index contributed by atoms with van der Waals surface area (Å²) in [6.45, 7) is 2.36. The van der Waals surface area contributed by atoms with E-state index in [4.69, 9.17) is 0 Å². The minimum Gasteiger partial charge on any atom is -0.340 e. The van der Waals surface area contributed by atoms with E-state index in [9.17, 15) is 4.79 Å². The molecule has 1 atom stereocenters. The number of halogens is 1. The Balaban J connectivity index is 1.83. The van der Waals surface area contributed by atoms with E-state index in [1.807, 2.05) is 49.0 Å². The second kappa shape index (κ2) is 6.56. The van der Waals surface area contributed by atoms with E-state index in [0.717, 1.165) is 15.7 Å². The molecule has 0 saturated heterocycles. The second-order valence-corrected chi connectivity index (χ2v) is 5.55. The molecule has 0 radical (unpaired) electrons. The summed E-state index contributed by atoms with van der Waals surface area (Å²) >= 11 is 3.39. The lowest BCUT2D eigenvalue weighted by molar-refractivity contribution is 0.237. The van der Waals surface area contributed by atoms with Crippen LogP contribution < -0.4 is 10.6 Å². The van der Waals surface area contributed by atoms with Crippen LogP contribution in [0, 0.1) is 0 Å². The molecule has 2 amide bonds. The number of rotatable bonds is 4. The van der Waals surface area contributed by atoms with E-state index in [1.54, 1.807) is 6.33 Å². The molecule has 0 aliphatic heterocycles. The SMILES string of the molecule is CC(NC(=O)NCc1cn(C)cn1)c1ccc(Br)cc1. The largest absolute Gasteiger partial charge is 0.340 e. The number of urea groups is 1. The number of nitrogens with zero attached hydrogens (tertiary/aromatic N) is 2. The summed E-state index contributed by atoms with van der Waals surface area (Å²) in [4.78, 5) is 16.0. The molecule has 106 valence electrons. The van der Waals surface area contributed by atoms with Crippen LogP contribution in [-0.2, 0) is 13.6 Å². The molecule has 0 saturated carbocycles. The highest BCUT2D eigenvalue weighted by atomic mass is 79.9. The summed E-state index contributed by atoms with van der Waals surface area (Å²) in [7, 11) is 1.90. The summed E-state index contributed by atoms with van der Waals surface area (Å²) in [5, 5.41) is 5.68. The van der Waals surface area contributed by atoms with Crippen molar-refractivity contribution in [3.8, 4) is 0 Å². The number of aryl methyl sites for hydroxylation is 1. The molecule has 0 fully saturated rings. The molecular weight excluding hydrogens is 320 g/mol. The predicted molar refractivity (Wildman–Crippen MR) is 81.1 cm³/mol. The van der Waals surface area contributed by atoms with E-state index >= 15 is 0 Å². The summed E-state index contributed by atoms with van der Waals surface area (Å²) in [5.74, 6) is 0. The van der Waals surface area contributed by atoms with Gasteiger partial charge in [0.1, 0.15) is 0 Å². The van der Waals surface area contributed by atoms with Gasteiger partial charge in [0.05, 0.1) is 24.6 Å². The highest BCUT2D eigenvalue weighted by molar-refractivity contribution is 9.10. The Bertz CT molecular complexity index is 579. The molecule has 2 aromatic rings. The van der Waals surface area contributed by atoms with Gasteiger partial charge < -0.3 is 15.2 Å². The zero-order valence-corrected chi connectivity index (χ0v) is 13.0. The number of amides is 2. The molecule has 1 aromatic carbocycles. The lowest BCUT2D eigenvalue weighted by Crippen LogP contribution is -2.36. The number of imidazole rings is 1. The zero-order chi connectivity index (χ0) is 14.5. The first-order valence-electron chi connectivity index (χ1n) is 6.31. The quantitative estimate of drug-likeness (QED) is 0.901. The van der Waals surface area contributed by atoms with Crippen LogP contribution in [0.15, 0.2) is 41.3 Å². The normalized spacial score (nSPS) is 11.9. The van der Waals surface area contributed by atoms with Gasteiger partial charge in [-0.05, 0) is 24.6 Å². The van der Waals surface area contributed by atoms with E-state index in [-0.39, 0.29) is 12.1 Å². The average molecular weight is 337 g/mol. The van der Waals surface area contributed by atoms with Crippen molar-refractivity contribution in [1.29, 1.82) is 0 Å². The van der Waals surface area contributed by atoms with Gasteiger partial charge in [-0.25, -0.2) is 9.78 Å². The molecule has 20 heavy (non-hydrogen) atoms. The van der Waals surface area contributed by atoms with Gasteiger partial charge in [0, 0.05) is 17.7 Å². The first-order chi connectivity index (χ1) is 9.54. The van der Waals surface area contributed by atoms with E-state index in [2.05, 4.69) is 31.5 Å². The Hall–Kier alpha value is -1.82. The van der Waals surface area contributed by atoms with Crippen LogP contribution in [0.5, 0.6) is 0 Å². The van der Waals surface area contributed by atoms with Gasteiger partial charge in [0.25, 0.3) is 0 Å². The number of hydrogen-bond acceptors (Lipinski definition) is 2. The Morgan fingerprint density at radius 2 is 2.10 bits per heavy atom. The molecule has 1 heterocycles. The van der Waals surface area contributed by atoms with Crippen LogP contribution in [0.4, 0.5) is 4.79 Å². The average Bonchev–Trinajstić information content (AvgIpc) is 2.83. The fourth-order valence-electron chi connectivity index (χ4n) is 1.81. The van der Waals surface area contributed by atoms with Crippen LogP contribution in [0.2, 0.25) is 0 Å². The highest BCUT2D eigenvalue weighted by Crippen LogP contribution is 2.16. The van der Waals surface area contributed by atoms with Crippen molar-refractivity contribution in [2.24, 2.45) is 7.05 Å². The lowest BCUT2D eigenvalue weighted by Gasteiger charge is -2.14. The summed E-state index contributed by atoms with van der Waals surface area (Å²) in [6, 6.07) is 7.62. The van der Waals surface area contributed by atoms with Crippen molar-refractivity contribution >= 4 is 22.0 Å². The minimum absolute atomic E-state index is 0.0492. The van der Waals surface area contributed by atoms with Crippen LogP contribution >= 0.6 is 15.9 Å². The van der Waals surface area contributed by atoms with Crippen LogP contribution in [0.1, 0.15) is 24.2 Å². The van der Waals surface area contributed by atoms with Gasteiger partial charge in [-0.2, -0.15) is 0 Å². The van der Waals surface area contributed by atoms with Gasteiger partial charge in [0.15, 0.2) is 0 Å². The first-order valence-corrected chi connectivity index (χ1v) is 7.10. The lowest BCUT2D eigenvalue weighted by atomic mass is 10.1. The van der Waals surface area contributed by atoms with Gasteiger partial charge >= 0.3 is 6.03 Å². The number of aromatic nitrogens is 2. The van der Waals surface area contributed by atoms with Crippen LogP contribution in [0.3, 0.4) is 0 Å². The maximum absolute atomic E-state index is 11.8. The third-order valence-electron chi connectivity index (χ3n) is 2.91. The fraction of sp³-hybridized carbons (Fsp3) is 0.286. The zero-order valence-electron chi connectivity index (χ0n) is 11.4. The topological polar surface area (TPSA) is 59.0 Å². The Kier molecular flexibility index (Phi) is 4.79. The number of benzene rings is 1. The van der Waals surface area contributed by atoms with Crippen molar-refractivity contribution in [2.45, 2.75) is 19.5 Å². The van der Waals surface area contributed by atoms with Crippen LogP contribution in [0.25, 0.3) is 0 Å². The Labute approximate surface area is 126 Å². The van der Waals surface area contributed by atoms with Crippen molar-refractivity contribution in [2.75, 3.05) is 0 Å². The molecule has 0 aliphatic rings. The fourth-order valence-corrected chi connectivity index (χ4v) is 2.08. The molecular formula is C14H17BrN4O. The second-order valence-electron chi connectivity index (χ2n) is 4.63. The molecule has 6 heteroatoms. The minimum atomic E-state index is -0.203. The van der Waals surface area contributed by atoms with E-state index < -0.39 is 0 Å². The van der Waals surface area contributed by atoms with E-state index in [1.165, 1.54) is 0 Å². The monoisotopic (exact) mass is 336 g/mol. The third kappa shape index (κ3) is 4.09. The van der Waals surface area contributed by atoms with Gasteiger partial charge in [-0.1, -0.05) is 28.1 Å². The standard InChI is InChI=1S/C14H17BrN4O/c1-10(11-3-5-12(15)6-4-11)18-14(20)16-7-13-8-19(2)9-17-13/h3-6,8-10H,7H2,1-2H3,(H2,16,18,20). The highest BCUT2D eigenvalue weighted by Gasteiger charge is 2.09. The molecule has 0 aliphatic carbocycles. The number of carbonyl (C=O) groups is 1. The van der Waals surface area contributed by atoms with Gasteiger partial charge in [-0.15, -0.1) is 0 Å². The first kappa shape index (κ1) is 14.6. The van der Waals surface area contributed by atoms with Crippen molar-refractivity contribution in [3.05, 3.63) is 52.5 Å². The summed E-state index contributed by atoms with van der Waals surface area (Å²) in [5.41, 5.74) is 1.89. The number of carbonyl (C=O) groups excluding carboxylic acids is 1.